The Morgan fingerprint density at radius 1 is 1.21 bits per heavy atom. The van der Waals surface area contributed by atoms with Crippen molar-refractivity contribution in [2.45, 2.75) is 44.8 Å². The molecule has 0 bridgehead atoms. The summed E-state index contributed by atoms with van der Waals surface area (Å²) in [6.45, 7) is 1.90. The maximum absolute atomic E-state index is 13.0. The van der Waals surface area contributed by atoms with E-state index in [0.717, 1.165) is 28.3 Å². The van der Waals surface area contributed by atoms with Gasteiger partial charge in [-0.3, -0.25) is 14.4 Å². The standard InChI is InChI=1S/C20H25N3O4S/c1-21-10-16(25)23(8-11-2-3-11)20-17(19(21)27)14-4-5-22(9-15(14)28-20)18(26)12-6-13(24)7-12/h11-13,24H,2-10H2,1H3. The summed E-state index contributed by atoms with van der Waals surface area (Å²) in [5.74, 6) is 0.471. The van der Waals surface area contributed by atoms with Crippen LogP contribution in [0.15, 0.2) is 0 Å². The Balaban J connectivity index is 1.46. The Labute approximate surface area is 167 Å². The van der Waals surface area contributed by atoms with Crippen molar-refractivity contribution in [3.63, 3.8) is 0 Å². The number of aliphatic hydroxyl groups excluding tert-OH is 1. The van der Waals surface area contributed by atoms with Gasteiger partial charge < -0.3 is 19.8 Å². The maximum Gasteiger partial charge on any atom is 0.257 e. The quantitative estimate of drug-likeness (QED) is 0.823. The largest absolute Gasteiger partial charge is 0.393 e. The topological polar surface area (TPSA) is 81.2 Å². The number of hydrogen-bond acceptors (Lipinski definition) is 5. The van der Waals surface area contributed by atoms with E-state index in [9.17, 15) is 19.5 Å². The molecule has 0 atom stereocenters. The summed E-state index contributed by atoms with van der Waals surface area (Å²) in [7, 11) is 1.69. The SMILES string of the molecule is CN1CC(=O)N(CC2CC2)c2sc3c(c2C1=O)CCN(C(=O)C1CC(O)C1)C3. The Morgan fingerprint density at radius 3 is 2.64 bits per heavy atom. The summed E-state index contributed by atoms with van der Waals surface area (Å²) in [5.41, 5.74) is 1.70. The van der Waals surface area contributed by atoms with Crippen LogP contribution in [0.4, 0.5) is 5.00 Å². The molecule has 8 heteroatoms. The van der Waals surface area contributed by atoms with Gasteiger partial charge in [0.25, 0.3) is 5.91 Å². The number of carbonyl (C=O) groups is 3. The van der Waals surface area contributed by atoms with E-state index in [4.69, 9.17) is 0 Å². The van der Waals surface area contributed by atoms with E-state index in [1.165, 1.54) is 16.2 Å². The van der Waals surface area contributed by atoms with Crippen molar-refractivity contribution >= 4 is 34.1 Å². The summed E-state index contributed by atoms with van der Waals surface area (Å²) >= 11 is 1.51. The van der Waals surface area contributed by atoms with Gasteiger partial charge in [0, 0.05) is 30.9 Å². The highest BCUT2D eigenvalue weighted by molar-refractivity contribution is 7.17. The molecule has 4 aliphatic rings. The van der Waals surface area contributed by atoms with Gasteiger partial charge in [0.15, 0.2) is 0 Å². The molecule has 0 radical (unpaired) electrons. The van der Waals surface area contributed by atoms with Crippen LogP contribution in [0.25, 0.3) is 0 Å². The molecule has 3 amide bonds. The number of rotatable bonds is 3. The van der Waals surface area contributed by atoms with Gasteiger partial charge in [-0.25, -0.2) is 0 Å². The summed E-state index contributed by atoms with van der Waals surface area (Å²) in [5, 5.41) is 10.3. The molecule has 0 unspecified atom stereocenters. The minimum atomic E-state index is -0.345. The lowest BCUT2D eigenvalue weighted by molar-refractivity contribution is -0.143. The van der Waals surface area contributed by atoms with Gasteiger partial charge in [0.2, 0.25) is 11.8 Å². The second-order valence-corrected chi connectivity index (χ2v) is 9.71. The highest BCUT2D eigenvalue weighted by Crippen LogP contribution is 2.43. The number of nitrogens with zero attached hydrogens (tertiary/aromatic N) is 3. The van der Waals surface area contributed by atoms with Gasteiger partial charge in [0.1, 0.15) is 11.5 Å². The average Bonchev–Trinajstić information content (AvgIpc) is 3.40. The van der Waals surface area contributed by atoms with Crippen LogP contribution in [-0.2, 0) is 22.6 Å². The minimum Gasteiger partial charge on any atom is -0.393 e. The molecule has 1 N–H and O–H groups in total. The number of carbonyl (C=O) groups excluding carboxylic acids is 3. The van der Waals surface area contributed by atoms with E-state index in [2.05, 4.69) is 0 Å². The molecule has 5 rings (SSSR count). The number of thiophene rings is 1. The predicted octanol–water partition coefficient (Wildman–Crippen LogP) is 1.23. The van der Waals surface area contributed by atoms with E-state index in [0.29, 0.717) is 50.4 Å². The number of hydrogen-bond donors (Lipinski definition) is 1. The first-order valence-electron chi connectivity index (χ1n) is 10.1. The first-order valence-corrected chi connectivity index (χ1v) is 10.9. The number of anilines is 1. The summed E-state index contributed by atoms with van der Waals surface area (Å²) < 4.78 is 0. The van der Waals surface area contributed by atoms with Gasteiger partial charge in [-0.1, -0.05) is 0 Å². The fraction of sp³-hybridized carbons (Fsp3) is 0.650. The van der Waals surface area contributed by atoms with Crippen molar-refractivity contribution in [3.05, 3.63) is 16.0 Å². The van der Waals surface area contributed by atoms with Crippen LogP contribution in [0.5, 0.6) is 0 Å². The molecule has 150 valence electrons. The summed E-state index contributed by atoms with van der Waals surface area (Å²) in [6.07, 6.45) is 3.69. The van der Waals surface area contributed by atoms with Crippen LogP contribution >= 0.6 is 11.3 Å². The fourth-order valence-electron chi connectivity index (χ4n) is 4.44. The zero-order valence-electron chi connectivity index (χ0n) is 16.0. The third kappa shape index (κ3) is 2.93. The van der Waals surface area contributed by atoms with Gasteiger partial charge >= 0.3 is 0 Å². The van der Waals surface area contributed by atoms with Crippen molar-refractivity contribution in [2.24, 2.45) is 11.8 Å². The molecular weight excluding hydrogens is 378 g/mol. The first kappa shape index (κ1) is 18.1. The van der Waals surface area contributed by atoms with Crippen LogP contribution in [0, 0.1) is 11.8 Å². The zero-order valence-corrected chi connectivity index (χ0v) is 16.8. The van der Waals surface area contributed by atoms with E-state index < -0.39 is 0 Å². The van der Waals surface area contributed by atoms with Gasteiger partial charge in [-0.2, -0.15) is 0 Å². The van der Waals surface area contributed by atoms with Gasteiger partial charge in [0.05, 0.1) is 18.2 Å². The van der Waals surface area contributed by atoms with Gasteiger partial charge in [-0.15, -0.1) is 11.3 Å². The van der Waals surface area contributed by atoms with Crippen LogP contribution in [0.3, 0.4) is 0 Å². The highest BCUT2D eigenvalue weighted by Gasteiger charge is 2.41. The van der Waals surface area contributed by atoms with Crippen molar-refractivity contribution in [1.82, 2.24) is 9.80 Å². The summed E-state index contributed by atoms with van der Waals surface area (Å²) in [4.78, 5) is 44.8. The average molecular weight is 404 g/mol. The fourth-order valence-corrected chi connectivity index (χ4v) is 5.82. The molecule has 28 heavy (non-hydrogen) atoms. The lowest BCUT2D eigenvalue weighted by Crippen LogP contribution is -2.45. The van der Waals surface area contributed by atoms with E-state index in [1.54, 1.807) is 7.05 Å². The highest BCUT2D eigenvalue weighted by atomic mass is 32.1. The molecule has 2 saturated carbocycles. The molecular formula is C20H25N3O4S. The van der Waals surface area contributed by atoms with Crippen LogP contribution in [-0.4, -0.2) is 65.4 Å². The number of likely N-dealkylation sites (N-methyl/N-ethyl adjacent to an activating group) is 1. The lowest BCUT2D eigenvalue weighted by atomic mass is 9.81. The second-order valence-electron chi connectivity index (χ2n) is 8.62. The van der Waals surface area contributed by atoms with Crippen molar-refractivity contribution in [2.75, 3.05) is 31.6 Å². The Kier molecular flexibility index (Phi) is 4.24. The third-order valence-corrected chi connectivity index (χ3v) is 7.67. The normalized spacial score (nSPS) is 27.3. The maximum atomic E-state index is 13.0. The molecule has 2 fully saturated rings. The van der Waals surface area contributed by atoms with Crippen LogP contribution in [0.2, 0.25) is 0 Å². The van der Waals surface area contributed by atoms with Crippen molar-refractivity contribution in [1.29, 1.82) is 0 Å². The molecule has 1 aromatic heterocycles. The molecule has 7 nitrogen and oxygen atoms in total. The molecule has 2 aliphatic carbocycles. The van der Waals surface area contributed by atoms with E-state index in [-0.39, 0.29) is 36.3 Å². The minimum absolute atomic E-state index is 0.0171. The van der Waals surface area contributed by atoms with Gasteiger partial charge in [-0.05, 0) is 43.6 Å². The van der Waals surface area contributed by atoms with Crippen molar-refractivity contribution in [3.8, 4) is 0 Å². The zero-order chi connectivity index (χ0) is 19.6. The second kappa shape index (κ2) is 6.56. The van der Waals surface area contributed by atoms with E-state index >= 15 is 0 Å². The molecule has 0 spiro atoms. The molecule has 2 aliphatic heterocycles. The Morgan fingerprint density at radius 2 is 1.96 bits per heavy atom. The lowest BCUT2D eigenvalue weighted by Gasteiger charge is -2.36. The van der Waals surface area contributed by atoms with Crippen LogP contribution < -0.4 is 4.90 Å². The van der Waals surface area contributed by atoms with E-state index in [1.807, 2.05) is 9.80 Å². The first-order chi connectivity index (χ1) is 13.4. The molecule has 0 saturated heterocycles. The third-order valence-electron chi connectivity index (χ3n) is 6.43. The number of amides is 3. The Bertz CT molecular complexity index is 856. The predicted molar refractivity (Wildman–Crippen MR) is 104 cm³/mol. The van der Waals surface area contributed by atoms with Crippen LogP contribution in [0.1, 0.15) is 46.5 Å². The monoisotopic (exact) mass is 403 g/mol. The summed E-state index contributed by atoms with van der Waals surface area (Å²) in [6, 6.07) is 0. The smallest absolute Gasteiger partial charge is 0.257 e. The molecule has 0 aromatic carbocycles. The molecule has 3 heterocycles. The number of fused-ring (bicyclic) bond motifs is 3. The number of aliphatic hydroxyl groups is 1. The Hall–Kier alpha value is -1.93. The van der Waals surface area contributed by atoms with Crippen molar-refractivity contribution < 1.29 is 19.5 Å². The molecule has 1 aromatic rings.